The maximum absolute atomic E-state index is 13.6. The lowest BCUT2D eigenvalue weighted by molar-refractivity contribution is -0.120. The molecule has 0 atom stereocenters. The average Bonchev–Trinajstić information content (AvgIpc) is 3.04. The standard InChI is InChI=1S/C23H26N2O5/c1-28-15-13-24(14-16-29-2)21-20(18-11-7-8-12-19(18)30-3)22(26)25(23(21)27)17-9-5-4-6-10-17/h4-12H,13-16H2,1-3H3. The summed E-state index contributed by atoms with van der Waals surface area (Å²) in [7, 11) is 4.74. The van der Waals surface area contributed by atoms with Gasteiger partial charge in [0.05, 0.1) is 31.6 Å². The van der Waals surface area contributed by atoms with Gasteiger partial charge in [0.1, 0.15) is 11.4 Å². The third-order valence-electron chi connectivity index (χ3n) is 4.90. The second kappa shape index (κ2) is 10.0. The number of carbonyl (C=O) groups excluding carboxylic acids is 2. The first kappa shape index (κ1) is 21.5. The van der Waals surface area contributed by atoms with Crippen LogP contribution in [0.5, 0.6) is 5.75 Å². The molecule has 0 bridgehead atoms. The number of benzene rings is 2. The lowest BCUT2D eigenvalue weighted by Crippen LogP contribution is -2.37. The van der Waals surface area contributed by atoms with Crippen LogP contribution in [-0.4, -0.2) is 64.3 Å². The van der Waals surface area contributed by atoms with E-state index in [2.05, 4.69) is 0 Å². The molecule has 3 rings (SSSR count). The van der Waals surface area contributed by atoms with Gasteiger partial charge in [0, 0.05) is 32.9 Å². The van der Waals surface area contributed by atoms with Crippen LogP contribution in [0, 0.1) is 0 Å². The second-order valence-corrected chi connectivity index (χ2v) is 6.68. The highest BCUT2D eigenvalue weighted by Crippen LogP contribution is 2.38. The smallest absolute Gasteiger partial charge is 0.282 e. The maximum atomic E-state index is 13.6. The third-order valence-corrected chi connectivity index (χ3v) is 4.90. The molecule has 2 aromatic rings. The van der Waals surface area contributed by atoms with Crippen molar-refractivity contribution in [2.45, 2.75) is 0 Å². The topological polar surface area (TPSA) is 68.3 Å². The van der Waals surface area contributed by atoms with Crippen molar-refractivity contribution in [3.63, 3.8) is 0 Å². The predicted octanol–water partition coefficient (Wildman–Crippen LogP) is 2.57. The molecule has 1 aliphatic rings. The SMILES string of the molecule is COCCN(CCOC)C1=C(c2ccccc2OC)C(=O)N(c2ccccc2)C1=O. The van der Waals surface area contributed by atoms with Crippen molar-refractivity contribution in [3.8, 4) is 5.75 Å². The van der Waals surface area contributed by atoms with Crippen LogP contribution >= 0.6 is 0 Å². The summed E-state index contributed by atoms with van der Waals surface area (Å²) in [4.78, 5) is 30.2. The van der Waals surface area contributed by atoms with E-state index in [4.69, 9.17) is 14.2 Å². The molecule has 7 heteroatoms. The molecule has 1 aliphatic heterocycles. The van der Waals surface area contributed by atoms with Crippen molar-refractivity contribution in [1.29, 1.82) is 0 Å². The molecule has 0 fully saturated rings. The van der Waals surface area contributed by atoms with E-state index in [9.17, 15) is 9.59 Å². The zero-order valence-electron chi connectivity index (χ0n) is 17.5. The van der Waals surface area contributed by atoms with E-state index in [1.54, 1.807) is 57.7 Å². The molecule has 0 aromatic heterocycles. The largest absolute Gasteiger partial charge is 0.496 e. The van der Waals surface area contributed by atoms with Crippen molar-refractivity contribution in [2.75, 3.05) is 52.5 Å². The predicted molar refractivity (Wildman–Crippen MR) is 114 cm³/mol. The monoisotopic (exact) mass is 410 g/mol. The molecular formula is C23H26N2O5. The van der Waals surface area contributed by atoms with Crippen LogP contribution in [0.25, 0.3) is 5.57 Å². The summed E-state index contributed by atoms with van der Waals surface area (Å²) < 4.78 is 16.0. The highest BCUT2D eigenvalue weighted by Gasteiger charge is 2.43. The number of ether oxygens (including phenoxy) is 3. The van der Waals surface area contributed by atoms with Crippen molar-refractivity contribution in [3.05, 3.63) is 65.9 Å². The van der Waals surface area contributed by atoms with E-state index in [1.807, 2.05) is 23.1 Å². The van der Waals surface area contributed by atoms with Crippen molar-refractivity contribution < 1.29 is 23.8 Å². The summed E-state index contributed by atoms with van der Waals surface area (Å²) >= 11 is 0. The Hall–Kier alpha value is -3.16. The number of hydrogen-bond acceptors (Lipinski definition) is 6. The first-order chi connectivity index (χ1) is 14.6. The number of imide groups is 1. The van der Waals surface area contributed by atoms with Crippen LogP contribution in [-0.2, 0) is 19.1 Å². The molecule has 0 unspecified atom stereocenters. The Morgan fingerprint density at radius 1 is 0.800 bits per heavy atom. The summed E-state index contributed by atoms with van der Waals surface area (Å²) in [6, 6.07) is 16.1. The lowest BCUT2D eigenvalue weighted by atomic mass is 10.0. The summed E-state index contributed by atoms with van der Waals surface area (Å²) in [6.07, 6.45) is 0. The zero-order chi connectivity index (χ0) is 21.5. The first-order valence-electron chi connectivity index (χ1n) is 9.68. The molecule has 0 saturated heterocycles. The summed E-state index contributed by atoms with van der Waals surface area (Å²) in [5.41, 5.74) is 1.73. The van der Waals surface area contributed by atoms with Gasteiger partial charge >= 0.3 is 0 Å². The Bertz CT molecular complexity index is 918. The highest BCUT2D eigenvalue weighted by molar-refractivity contribution is 6.45. The number of nitrogens with zero attached hydrogens (tertiary/aromatic N) is 2. The average molecular weight is 410 g/mol. The Morgan fingerprint density at radius 2 is 1.40 bits per heavy atom. The van der Waals surface area contributed by atoms with E-state index < -0.39 is 0 Å². The fourth-order valence-corrected chi connectivity index (χ4v) is 3.46. The summed E-state index contributed by atoms with van der Waals surface area (Å²) in [5.74, 6) is -0.232. The van der Waals surface area contributed by atoms with Gasteiger partial charge in [-0.2, -0.15) is 0 Å². The van der Waals surface area contributed by atoms with Crippen LogP contribution in [0.1, 0.15) is 5.56 Å². The van der Waals surface area contributed by atoms with E-state index in [1.165, 1.54) is 4.90 Å². The van der Waals surface area contributed by atoms with Gasteiger partial charge in [-0.1, -0.05) is 36.4 Å². The van der Waals surface area contributed by atoms with Crippen LogP contribution in [0.4, 0.5) is 5.69 Å². The second-order valence-electron chi connectivity index (χ2n) is 6.68. The molecule has 2 aromatic carbocycles. The number of carbonyl (C=O) groups is 2. The number of hydrogen-bond donors (Lipinski definition) is 0. The Morgan fingerprint density at radius 3 is 2.00 bits per heavy atom. The molecule has 158 valence electrons. The Kier molecular flexibility index (Phi) is 7.21. The minimum atomic E-state index is -0.384. The molecule has 0 aliphatic carbocycles. The highest BCUT2D eigenvalue weighted by atomic mass is 16.5. The molecular weight excluding hydrogens is 384 g/mol. The minimum absolute atomic E-state index is 0.313. The molecule has 30 heavy (non-hydrogen) atoms. The van der Waals surface area contributed by atoms with Crippen molar-refractivity contribution in [2.24, 2.45) is 0 Å². The quantitative estimate of drug-likeness (QED) is 0.561. The molecule has 0 N–H and O–H groups in total. The van der Waals surface area contributed by atoms with Crippen molar-refractivity contribution in [1.82, 2.24) is 4.90 Å². The van der Waals surface area contributed by atoms with Crippen LogP contribution in [0.15, 0.2) is 60.3 Å². The summed E-state index contributed by atoms with van der Waals surface area (Å²) in [6.45, 7) is 1.68. The van der Waals surface area contributed by atoms with E-state index >= 15 is 0 Å². The molecule has 7 nitrogen and oxygen atoms in total. The normalized spacial score (nSPS) is 13.9. The van der Waals surface area contributed by atoms with E-state index in [0.717, 1.165) is 0 Å². The van der Waals surface area contributed by atoms with Crippen LogP contribution < -0.4 is 9.64 Å². The Labute approximate surface area is 176 Å². The van der Waals surface area contributed by atoms with E-state index in [0.29, 0.717) is 54.6 Å². The van der Waals surface area contributed by atoms with Gasteiger partial charge in [0.15, 0.2) is 0 Å². The van der Waals surface area contributed by atoms with Gasteiger partial charge in [-0.3, -0.25) is 9.59 Å². The zero-order valence-corrected chi connectivity index (χ0v) is 17.5. The van der Waals surface area contributed by atoms with Gasteiger partial charge in [0.2, 0.25) is 0 Å². The fraction of sp³-hybridized carbons (Fsp3) is 0.304. The minimum Gasteiger partial charge on any atom is -0.496 e. The summed E-state index contributed by atoms with van der Waals surface area (Å²) in [5, 5.41) is 0. The van der Waals surface area contributed by atoms with Crippen LogP contribution in [0.2, 0.25) is 0 Å². The van der Waals surface area contributed by atoms with Gasteiger partial charge in [-0.15, -0.1) is 0 Å². The van der Waals surface area contributed by atoms with Gasteiger partial charge < -0.3 is 19.1 Å². The molecule has 2 amide bonds. The number of anilines is 1. The van der Waals surface area contributed by atoms with Crippen LogP contribution in [0.3, 0.4) is 0 Å². The van der Waals surface area contributed by atoms with Gasteiger partial charge in [-0.25, -0.2) is 4.90 Å². The molecule has 1 heterocycles. The van der Waals surface area contributed by atoms with E-state index in [-0.39, 0.29) is 11.8 Å². The number of para-hydroxylation sites is 2. The Balaban J connectivity index is 2.16. The lowest BCUT2D eigenvalue weighted by Gasteiger charge is -2.25. The van der Waals surface area contributed by atoms with Gasteiger partial charge in [0.25, 0.3) is 11.8 Å². The molecule has 0 saturated carbocycles. The number of methoxy groups -OCH3 is 3. The third kappa shape index (κ3) is 4.22. The molecule has 0 spiro atoms. The fourth-order valence-electron chi connectivity index (χ4n) is 3.46. The first-order valence-corrected chi connectivity index (χ1v) is 9.68. The molecule has 0 radical (unpaired) electrons. The maximum Gasteiger partial charge on any atom is 0.282 e. The van der Waals surface area contributed by atoms with Crippen molar-refractivity contribution >= 4 is 23.1 Å². The van der Waals surface area contributed by atoms with Gasteiger partial charge in [-0.05, 0) is 18.2 Å². The number of rotatable bonds is 10. The number of amides is 2.